The first kappa shape index (κ1) is 13.3. The first-order chi connectivity index (χ1) is 9.30. The lowest BCUT2D eigenvalue weighted by molar-refractivity contribution is 0.387. The summed E-state index contributed by atoms with van der Waals surface area (Å²) in [6.45, 7) is 0. The summed E-state index contributed by atoms with van der Waals surface area (Å²) in [5, 5.41) is 0. The van der Waals surface area contributed by atoms with E-state index < -0.39 is 0 Å². The molecule has 1 heterocycles. The number of rotatable bonds is 5. The summed E-state index contributed by atoms with van der Waals surface area (Å²) >= 11 is 0. The van der Waals surface area contributed by atoms with E-state index in [0.29, 0.717) is 0 Å². The van der Waals surface area contributed by atoms with Crippen LogP contribution in [0.25, 0.3) is 0 Å². The van der Waals surface area contributed by atoms with Crippen LogP contribution in [0.2, 0.25) is 0 Å². The van der Waals surface area contributed by atoms with E-state index in [1.165, 1.54) is 0 Å². The van der Waals surface area contributed by atoms with E-state index in [2.05, 4.69) is 10.4 Å². The van der Waals surface area contributed by atoms with Gasteiger partial charge in [-0.05, 0) is 29.8 Å². The van der Waals surface area contributed by atoms with Gasteiger partial charge in [-0.2, -0.15) is 0 Å². The fraction of sp³-hybridized carbons (Fsp3) is 0.214. The molecule has 2 aromatic rings. The van der Waals surface area contributed by atoms with Gasteiger partial charge in [0.2, 0.25) is 0 Å². The molecule has 3 N–H and O–H groups in total. The van der Waals surface area contributed by atoms with Crippen molar-refractivity contribution in [1.29, 1.82) is 0 Å². The van der Waals surface area contributed by atoms with Crippen molar-refractivity contribution < 1.29 is 9.47 Å². The van der Waals surface area contributed by atoms with E-state index in [1.807, 2.05) is 30.3 Å². The van der Waals surface area contributed by atoms with Gasteiger partial charge in [0.1, 0.15) is 11.5 Å². The highest BCUT2D eigenvalue weighted by molar-refractivity contribution is 5.45. The highest BCUT2D eigenvalue weighted by Gasteiger charge is 2.17. The summed E-state index contributed by atoms with van der Waals surface area (Å²) in [6.07, 6.45) is 3.46. The average molecular weight is 259 g/mol. The fourth-order valence-electron chi connectivity index (χ4n) is 1.98. The lowest BCUT2D eigenvalue weighted by Crippen LogP contribution is -2.29. The first-order valence-electron chi connectivity index (χ1n) is 5.88. The van der Waals surface area contributed by atoms with Gasteiger partial charge in [-0.25, -0.2) is 5.43 Å². The van der Waals surface area contributed by atoms with Crippen LogP contribution in [0.15, 0.2) is 42.7 Å². The Balaban J connectivity index is 2.43. The van der Waals surface area contributed by atoms with Crippen LogP contribution in [0.5, 0.6) is 11.5 Å². The van der Waals surface area contributed by atoms with Crippen LogP contribution < -0.4 is 20.7 Å². The van der Waals surface area contributed by atoms with Crippen molar-refractivity contribution in [1.82, 2.24) is 10.4 Å². The number of nitrogens with zero attached hydrogens (tertiary/aromatic N) is 1. The van der Waals surface area contributed by atoms with Crippen molar-refractivity contribution in [2.24, 2.45) is 5.84 Å². The Labute approximate surface area is 112 Å². The number of methoxy groups -OCH3 is 2. The van der Waals surface area contributed by atoms with Gasteiger partial charge in [0.05, 0.1) is 20.3 Å². The minimum absolute atomic E-state index is 0.163. The molecule has 0 saturated heterocycles. The molecule has 0 aliphatic heterocycles. The zero-order chi connectivity index (χ0) is 13.7. The monoisotopic (exact) mass is 259 g/mol. The van der Waals surface area contributed by atoms with E-state index in [0.717, 1.165) is 22.6 Å². The Morgan fingerprint density at radius 3 is 2.42 bits per heavy atom. The van der Waals surface area contributed by atoms with E-state index in [1.54, 1.807) is 26.6 Å². The largest absolute Gasteiger partial charge is 0.497 e. The van der Waals surface area contributed by atoms with E-state index in [4.69, 9.17) is 15.3 Å². The first-order valence-corrected chi connectivity index (χ1v) is 5.88. The highest BCUT2D eigenvalue weighted by Crippen LogP contribution is 2.32. The summed E-state index contributed by atoms with van der Waals surface area (Å²) in [6, 6.07) is 9.30. The third kappa shape index (κ3) is 2.83. The number of benzene rings is 1. The predicted molar refractivity (Wildman–Crippen MR) is 72.9 cm³/mol. The zero-order valence-corrected chi connectivity index (χ0v) is 11.0. The molecule has 5 heteroatoms. The number of ether oxygens (including phenoxy) is 2. The van der Waals surface area contributed by atoms with Gasteiger partial charge in [-0.3, -0.25) is 10.8 Å². The molecule has 1 atom stereocenters. The summed E-state index contributed by atoms with van der Waals surface area (Å²) < 4.78 is 10.6. The molecule has 0 amide bonds. The topological polar surface area (TPSA) is 69.4 Å². The van der Waals surface area contributed by atoms with Crippen molar-refractivity contribution in [3.63, 3.8) is 0 Å². The molecule has 1 aromatic carbocycles. The van der Waals surface area contributed by atoms with Crippen molar-refractivity contribution >= 4 is 0 Å². The quantitative estimate of drug-likeness (QED) is 0.631. The van der Waals surface area contributed by atoms with Crippen LogP contribution in [0.1, 0.15) is 17.2 Å². The van der Waals surface area contributed by atoms with Gasteiger partial charge in [0.25, 0.3) is 0 Å². The molecule has 100 valence electrons. The summed E-state index contributed by atoms with van der Waals surface area (Å²) in [5.41, 5.74) is 4.75. The van der Waals surface area contributed by atoms with Crippen LogP contribution in [0, 0.1) is 0 Å². The molecule has 0 fully saturated rings. The smallest absolute Gasteiger partial charge is 0.127 e. The molecule has 0 bridgehead atoms. The Morgan fingerprint density at radius 2 is 1.84 bits per heavy atom. The SMILES string of the molecule is COc1ccc(C(NN)c2ccncc2)c(OC)c1. The highest BCUT2D eigenvalue weighted by atomic mass is 16.5. The maximum absolute atomic E-state index is 5.67. The molecule has 19 heavy (non-hydrogen) atoms. The summed E-state index contributed by atoms with van der Waals surface area (Å²) in [5.74, 6) is 7.14. The minimum Gasteiger partial charge on any atom is -0.497 e. The van der Waals surface area contributed by atoms with Crippen LogP contribution in [0.4, 0.5) is 0 Å². The zero-order valence-electron chi connectivity index (χ0n) is 11.0. The maximum Gasteiger partial charge on any atom is 0.127 e. The van der Waals surface area contributed by atoms with Crippen LogP contribution in [0.3, 0.4) is 0 Å². The molecule has 2 rings (SSSR count). The second kappa shape index (κ2) is 6.17. The third-order valence-corrected chi connectivity index (χ3v) is 2.96. The third-order valence-electron chi connectivity index (χ3n) is 2.96. The van der Waals surface area contributed by atoms with E-state index >= 15 is 0 Å². The minimum atomic E-state index is -0.163. The number of nitrogens with two attached hydrogens (primary N) is 1. The Morgan fingerprint density at radius 1 is 1.11 bits per heavy atom. The number of nitrogens with one attached hydrogen (secondary N) is 1. The molecular weight excluding hydrogens is 242 g/mol. The molecule has 5 nitrogen and oxygen atoms in total. The van der Waals surface area contributed by atoms with Gasteiger partial charge in [-0.15, -0.1) is 0 Å². The molecule has 0 aliphatic carbocycles. The second-order valence-electron chi connectivity index (χ2n) is 3.99. The number of aromatic nitrogens is 1. The maximum atomic E-state index is 5.67. The van der Waals surface area contributed by atoms with Gasteiger partial charge in [-0.1, -0.05) is 0 Å². The van der Waals surface area contributed by atoms with Crippen LogP contribution >= 0.6 is 0 Å². The molecular formula is C14H17N3O2. The Hall–Kier alpha value is -2.11. The number of pyridine rings is 1. The number of hydrogen-bond donors (Lipinski definition) is 2. The summed E-state index contributed by atoms with van der Waals surface area (Å²) in [4.78, 5) is 4.01. The van der Waals surface area contributed by atoms with Gasteiger partial charge in [0, 0.05) is 24.0 Å². The van der Waals surface area contributed by atoms with Crippen LogP contribution in [-0.4, -0.2) is 19.2 Å². The van der Waals surface area contributed by atoms with Crippen LogP contribution in [-0.2, 0) is 0 Å². The molecule has 1 unspecified atom stereocenters. The number of hydrazine groups is 1. The second-order valence-corrected chi connectivity index (χ2v) is 3.99. The van der Waals surface area contributed by atoms with E-state index in [-0.39, 0.29) is 6.04 Å². The molecule has 0 aliphatic rings. The average Bonchev–Trinajstić information content (AvgIpc) is 2.49. The van der Waals surface area contributed by atoms with Gasteiger partial charge in [0.15, 0.2) is 0 Å². The molecule has 1 aromatic heterocycles. The van der Waals surface area contributed by atoms with Gasteiger partial charge < -0.3 is 9.47 Å². The summed E-state index contributed by atoms with van der Waals surface area (Å²) in [7, 11) is 3.24. The molecule has 0 saturated carbocycles. The molecule has 0 spiro atoms. The van der Waals surface area contributed by atoms with Crippen molar-refractivity contribution in [3.8, 4) is 11.5 Å². The predicted octanol–water partition coefficient (Wildman–Crippen LogP) is 1.65. The lowest BCUT2D eigenvalue weighted by Gasteiger charge is -2.19. The van der Waals surface area contributed by atoms with Crippen molar-refractivity contribution in [3.05, 3.63) is 53.9 Å². The van der Waals surface area contributed by atoms with Crippen molar-refractivity contribution in [2.75, 3.05) is 14.2 Å². The Kier molecular flexibility index (Phi) is 4.33. The van der Waals surface area contributed by atoms with Gasteiger partial charge >= 0.3 is 0 Å². The molecule has 0 radical (unpaired) electrons. The van der Waals surface area contributed by atoms with Crippen molar-refractivity contribution in [2.45, 2.75) is 6.04 Å². The fourth-order valence-corrected chi connectivity index (χ4v) is 1.98. The normalized spacial score (nSPS) is 11.9. The Bertz CT molecular complexity index is 531. The van der Waals surface area contributed by atoms with E-state index in [9.17, 15) is 0 Å². The number of hydrogen-bond acceptors (Lipinski definition) is 5. The lowest BCUT2D eigenvalue weighted by atomic mass is 9.99. The standard InChI is InChI=1S/C14H17N3O2/c1-18-11-3-4-12(13(9-11)19-2)14(17-15)10-5-7-16-8-6-10/h3-9,14,17H,15H2,1-2H3.